The van der Waals surface area contributed by atoms with E-state index >= 15 is 0 Å². The molecule has 0 amide bonds. The average molecular weight is 195 g/mol. The van der Waals surface area contributed by atoms with Crippen molar-refractivity contribution in [1.82, 2.24) is 5.32 Å². The third kappa shape index (κ3) is 3.83. The summed E-state index contributed by atoms with van der Waals surface area (Å²) in [5, 5.41) is 3.54. The van der Waals surface area contributed by atoms with Crippen LogP contribution in [0.2, 0.25) is 0 Å². The molecule has 1 heteroatoms. The Balaban J connectivity index is 2.00. The first-order valence-corrected chi connectivity index (χ1v) is 6.20. The molecule has 0 aromatic heterocycles. The van der Waals surface area contributed by atoms with Gasteiger partial charge in [-0.25, -0.2) is 0 Å². The van der Waals surface area contributed by atoms with E-state index in [0.29, 0.717) is 0 Å². The first-order valence-electron chi connectivity index (χ1n) is 6.20. The Morgan fingerprint density at radius 3 is 2.71 bits per heavy atom. The van der Waals surface area contributed by atoms with Crippen molar-refractivity contribution in [2.75, 3.05) is 13.1 Å². The molecule has 0 heterocycles. The van der Waals surface area contributed by atoms with Gasteiger partial charge in [-0.15, -0.1) is 6.58 Å². The molecule has 1 N–H and O–H groups in total. The molecule has 1 fully saturated rings. The van der Waals surface area contributed by atoms with Crippen LogP contribution in [0.25, 0.3) is 0 Å². The highest BCUT2D eigenvalue weighted by Gasteiger charge is 2.29. The van der Waals surface area contributed by atoms with E-state index in [1.807, 2.05) is 6.08 Å². The molecule has 0 spiro atoms. The molecule has 0 aromatic rings. The van der Waals surface area contributed by atoms with Crippen LogP contribution in [-0.4, -0.2) is 13.1 Å². The quantitative estimate of drug-likeness (QED) is 0.462. The van der Waals surface area contributed by atoms with E-state index in [-0.39, 0.29) is 0 Å². The van der Waals surface area contributed by atoms with Crippen LogP contribution in [0.3, 0.4) is 0 Å². The summed E-state index contributed by atoms with van der Waals surface area (Å²) in [6, 6.07) is 0. The molecule has 1 rings (SSSR count). The van der Waals surface area contributed by atoms with Crippen LogP contribution in [0.4, 0.5) is 0 Å². The van der Waals surface area contributed by atoms with Crippen LogP contribution in [0.5, 0.6) is 0 Å². The largest absolute Gasteiger partial charge is 0.316 e. The standard InChI is InChI=1S/C13H25N/c1-3-5-6-7-12-8-9-13(12)11-14-10-4-2/h3,12-14H,1,4-11H2,2H3. The number of hydrogen-bond donors (Lipinski definition) is 1. The summed E-state index contributed by atoms with van der Waals surface area (Å²) in [7, 11) is 0. The van der Waals surface area contributed by atoms with E-state index in [0.717, 1.165) is 11.8 Å². The van der Waals surface area contributed by atoms with E-state index in [1.54, 1.807) is 0 Å². The average Bonchev–Trinajstić information content (AvgIpc) is 2.17. The van der Waals surface area contributed by atoms with Crippen molar-refractivity contribution >= 4 is 0 Å². The van der Waals surface area contributed by atoms with Gasteiger partial charge in [0.2, 0.25) is 0 Å². The third-order valence-electron chi connectivity index (χ3n) is 3.39. The maximum atomic E-state index is 3.77. The molecule has 0 saturated heterocycles. The van der Waals surface area contributed by atoms with Crippen molar-refractivity contribution in [3.05, 3.63) is 12.7 Å². The number of rotatable bonds is 8. The van der Waals surface area contributed by atoms with Crippen molar-refractivity contribution in [3.63, 3.8) is 0 Å². The minimum atomic E-state index is 0.978. The second-order valence-electron chi connectivity index (χ2n) is 4.52. The van der Waals surface area contributed by atoms with E-state index in [9.17, 15) is 0 Å². The van der Waals surface area contributed by atoms with E-state index in [1.165, 1.54) is 51.6 Å². The molecule has 82 valence electrons. The van der Waals surface area contributed by atoms with Crippen LogP contribution in [0, 0.1) is 11.8 Å². The Labute approximate surface area is 89.0 Å². The SMILES string of the molecule is C=CCCCC1CCC1CNCCC. The number of nitrogens with one attached hydrogen (secondary N) is 1. The Kier molecular flexibility index (Phi) is 5.93. The lowest BCUT2D eigenvalue weighted by Gasteiger charge is -2.37. The molecule has 1 nitrogen and oxygen atoms in total. The molecular weight excluding hydrogens is 170 g/mol. The van der Waals surface area contributed by atoms with E-state index in [2.05, 4.69) is 18.8 Å². The zero-order valence-electron chi connectivity index (χ0n) is 9.60. The monoisotopic (exact) mass is 195 g/mol. The first kappa shape index (κ1) is 11.8. The fraction of sp³-hybridized carbons (Fsp3) is 0.846. The van der Waals surface area contributed by atoms with Gasteiger partial charge in [-0.3, -0.25) is 0 Å². The van der Waals surface area contributed by atoms with Gasteiger partial charge in [0.1, 0.15) is 0 Å². The number of unbranched alkanes of at least 4 members (excludes halogenated alkanes) is 1. The van der Waals surface area contributed by atoms with Crippen LogP contribution in [0.1, 0.15) is 45.4 Å². The molecule has 1 aliphatic carbocycles. The summed E-state index contributed by atoms with van der Waals surface area (Å²) in [6.07, 6.45) is 10.2. The van der Waals surface area contributed by atoms with Crippen molar-refractivity contribution in [1.29, 1.82) is 0 Å². The van der Waals surface area contributed by atoms with Gasteiger partial charge in [0.15, 0.2) is 0 Å². The second kappa shape index (κ2) is 7.05. The summed E-state index contributed by atoms with van der Waals surface area (Å²) in [4.78, 5) is 0. The summed E-state index contributed by atoms with van der Waals surface area (Å²) >= 11 is 0. The predicted octanol–water partition coefficient (Wildman–Crippen LogP) is 3.37. The second-order valence-corrected chi connectivity index (χ2v) is 4.52. The Hall–Kier alpha value is -0.300. The van der Waals surface area contributed by atoms with E-state index in [4.69, 9.17) is 0 Å². The lowest BCUT2D eigenvalue weighted by atomic mass is 9.71. The Morgan fingerprint density at radius 1 is 1.36 bits per heavy atom. The summed E-state index contributed by atoms with van der Waals surface area (Å²) in [5.74, 6) is 1.99. The smallest absolute Gasteiger partial charge is 0.00179 e. The molecule has 0 bridgehead atoms. The van der Waals surface area contributed by atoms with Gasteiger partial charge in [-0.2, -0.15) is 0 Å². The third-order valence-corrected chi connectivity index (χ3v) is 3.39. The van der Waals surface area contributed by atoms with Gasteiger partial charge in [-0.1, -0.05) is 13.0 Å². The van der Waals surface area contributed by atoms with Gasteiger partial charge >= 0.3 is 0 Å². The number of allylic oxidation sites excluding steroid dienone is 1. The highest BCUT2D eigenvalue weighted by atomic mass is 14.9. The summed E-state index contributed by atoms with van der Waals surface area (Å²) in [6.45, 7) is 8.45. The molecule has 2 unspecified atom stereocenters. The highest BCUT2D eigenvalue weighted by molar-refractivity contribution is 4.82. The zero-order valence-corrected chi connectivity index (χ0v) is 9.60. The van der Waals surface area contributed by atoms with Gasteiger partial charge in [0, 0.05) is 0 Å². The molecule has 14 heavy (non-hydrogen) atoms. The normalized spacial score (nSPS) is 25.8. The zero-order chi connectivity index (χ0) is 10.2. The van der Waals surface area contributed by atoms with Crippen molar-refractivity contribution < 1.29 is 0 Å². The molecule has 1 saturated carbocycles. The van der Waals surface area contributed by atoms with Crippen molar-refractivity contribution in [2.45, 2.75) is 45.4 Å². The molecular formula is C13H25N. The van der Waals surface area contributed by atoms with Crippen molar-refractivity contribution in [2.24, 2.45) is 11.8 Å². The topological polar surface area (TPSA) is 12.0 Å². The fourth-order valence-electron chi connectivity index (χ4n) is 2.28. The maximum absolute atomic E-state index is 3.77. The summed E-state index contributed by atoms with van der Waals surface area (Å²) < 4.78 is 0. The number of hydrogen-bond acceptors (Lipinski definition) is 1. The van der Waals surface area contributed by atoms with Gasteiger partial charge in [-0.05, 0) is 63.5 Å². The minimum Gasteiger partial charge on any atom is -0.316 e. The first-order chi connectivity index (χ1) is 6.88. The van der Waals surface area contributed by atoms with Crippen molar-refractivity contribution in [3.8, 4) is 0 Å². The Morgan fingerprint density at radius 2 is 2.14 bits per heavy atom. The molecule has 1 aliphatic rings. The highest BCUT2D eigenvalue weighted by Crippen LogP contribution is 2.37. The Bertz CT molecular complexity index is 153. The maximum Gasteiger partial charge on any atom is -0.00179 e. The summed E-state index contributed by atoms with van der Waals surface area (Å²) in [5.41, 5.74) is 0. The molecule has 2 atom stereocenters. The van der Waals surface area contributed by atoms with Gasteiger partial charge in [0.05, 0.1) is 0 Å². The molecule has 0 radical (unpaired) electrons. The molecule has 0 aliphatic heterocycles. The fourth-order valence-corrected chi connectivity index (χ4v) is 2.28. The van der Waals surface area contributed by atoms with Crippen LogP contribution >= 0.6 is 0 Å². The van der Waals surface area contributed by atoms with Gasteiger partial charge in [0.25, 0.3) is 0 Å². The lowest BCUT2D eigenvalue weighted by Crippen LogP contribution is -2.35. The van der Waals surface area contributed by atoms with Crippen LogP contribution < -0.4 is 5.32 Å². The lowest BCUT2D eigenvalue weighted by molar-refractivity contribution is 0.158. The minimum absolute atomic E-state index is 0.978. The predicted molar refractivity (Wildman–Crippen MR) is 63.4 cm³/mol. The van der Waals surface area contributed by atoms with Crippen LogP contribution in [-0.2, 0) is 0 Å². The molecule has 0 aromatic carbocycles. The van der Waals surface area contributed by atoms with Crippen LogP contribution in [0.15, 0.2) is 12.7 Å². The van der Waals surface area contributed by atoms with E-state index < -0.39 is 0 Å². The van der Waals surface area contributed by atoms with Gasteiger partial charge < -0.3 is 5.32 Å².